The molecule has 0 aromatic heterocycles. The van der Waals surface area contributed by atoms with Gasteiger partial charge in [0.15, 0.2) is 0 Å². The predicted octanol–water partition coefficient (Wildman–Crippen LogP) is 1.78. The van der Waals surface area contributed by atoms with Gasteiger partial charge in [-0.15, -0.1) is 0 Å². The Balaban J connectivity index is 0. The van der Waals surface area contributed by atoms with Gasteiger partial charge >= 0.3 is 50.8 Å². The average Bonchev–Trinajstić information content (AvgIpc) is 0.811. The monoisotopic (exact) mass is 396 g/mol. The van der Waals surface area contributed by atoms with Crippen LogP contribution in [0.1, 0.15) is 0 Å². The van der Waals surface area contributed by atoms with E-state index in [0.717, 1.165) is 0 Å². The van der Waals surface area contributed by atoms with Crippen LogP contribution in [0.4, 0.5) is 0 Å². The Bertz CT molecular complexity index is 11.6. The molecule has 0 amide bonds. The molecular formula is Br3GeRb. The fourth-order valence-corrected chi connectivity index (χ4v) is 0. The molecule has 0 bridgehead atoms. The minimum atomic E-state index is -0.896. The minimum absolute atomic E-state index is 0. The van der Waals surface area contributed by atoms with Gasteiger partial charge in [-0.3, -0.25) is 0 Å². The summed E-state index contributed by atoms with van der Waals surface area (Å²) in [6.45, 7) is 0. The Hall–Kier alpha value is 3.79. The summed E-state index contributed by atoms with van der Waals surface area (Å²) in [6, 6.07) is 0. The third kappa shape index (κ3) is 18.2. The quantitative estimate of drug-likeness (QED) is 0.547. The van der Waals surface area contributed by atoms with E-state index in [-0.39, 0.29) is 58.2 Å². The zero-order chi connectivity index (χ0) is 3.58. The van der Waals surface area contributed by atoms with Crippen LogP contribution in [0.15, 0.2) is 0 Å². The van der Waals surface area contributed by atoms with Gasteiger partial charge in [0.2, 0.25) is 0 Å². The first-order chi connectivity index (χ1) is 1.73. The molecule has 0 aliphatic carbocycles. The summed E-state index contributed by atoms with van der Waals surface area (Å²) in [4.78, 5) is 0. The van der Waals surface area contributed by atoms with Crippen LogP contribution in [0, 0.1) is 0 Å². The molecule has 0 saturated carbocycles. The van der Waals surface area contributed by atoms with Crippen LogP contribution in [-0.4, -0.2) is 67.0 Å². The molecule has 0 aromatic carbocycles. The van der Waals surface area contributed by atoms with Crippen molar-refractivity contribution in [2.75, 3.05) is 0 Å². The van der Waals surface area contributed by atoms with Crippen LogP contribution in [0.2, 0.25) is 0 Å². The van der Waals surface area contributed by atoms with Gasteiger partial charge in [0.05, 0.1) is 0 Å². The van der Waals surface area contributed by atoms with E-state index < -0.39 is 8.82 Å². The average molecular weight is 398 g/mol. The van der Waals surface area contributed by atoms with Gasteiger partial charge < -0.3 is 0 Å². The first-order valence-electron chi connectivity index (χ1n) is 0.567. The van der Waals surface area contributed by atoms with Crippen LogP contribution >= 0.6 is 42.0 Å². The molecule has 0 aliphatic heterocycles. The fraction of sp³-hybridized carbons (Fsp3) is 0. The fourth-order valence-electron chi connectivity index (χ4n) is 0. The van der Waals surface area contributed by atoms with Crippen molar-refractivity contribution in [1.29, 1.82) is 0 Å². The summed E-state index contributed by atoms with van der Waals surface area (Å²) in [5.74, 6) is 0. The topological polar surface area (TPSA) is 0 Å². The molecule has 0 saturated heterocycles. The van der Waals surface area contributed by atoms with Crippen molar-refractivity contribution in [3.63, 3.8) is 0 Å². The van der Waals surface area contributed by atoms with Crippen LogP contribution in [0.3, 0.4) is 0 Å². The van der Waals surface area contributed by atoms with Crippen molar-refractivity contribution < 1.29 is 0 Å². The molecule has 26 valence electrons. The van der Waals surface area contributed by atoms with E-state index in [9.17, 15) is 0 Å². The molecule has 5 heteroatoms. The Morgan fingerprint density at radius 1 is 1.00 bits per heavy atom. The number of hydrogen-bond donors (Lipinski definition) is 0. The molecule has 5 heavy (non-hydrogen) atoms. The van der Waals surface area contributed by atoms with E-state index >= 15 is 0 Å². The minimum Gasteiger partial charge on any atom is 0 e. The van der Waals surface area contributed by atoms with Gasteiger partial charge in [-0.25, -0.2) is 0 Å². The number of halogens is 3. The summed E-state index contributed by atoms with van der Waals surface area (Å²) < 4.78 is 0. The summed E-state index contributed by atoms with van der Waals surface area (Å²) >= 11 is 9.81. The maximum atomic E-state index is 3.27. The predicted molar refractivity (Wildman–Crippen MR) is 38.3 cm³/mol. The smallest absolute Gasteiger partial charge is 0 e. The number of hydrogen-bond acceptors (Lipinski definition) is 0. The summed E-state index contributed by atoms with van der Waals surface area (Å²) in [5.41, 5.74) is 0. The van der Waals surface area contributed by atoms with Crippen LogP contribution in [-0.2, 0) is 0 Å². The van der Waals surface area contributed by atoms with Crippen LogP contribution in [0.25, 0.3) is 0 Å². The molecule has 0 rings (SSSR count). The molecule has 0 unspecified atom stereocenters. The van der Waals surface area contributed by atoms with Crippen LogP contribution in [0.5, 0.6) is 0 Å². The molecular weight excluding hydrogens is 398 g/mol. The first-order valence-corrected chi connectivity index (χ1v) is 15.3. The summed E-state index contributed by atoms with van der Waals surface area (Å²) in [7, 11) is -0.896. The van der Waals surface area contributed by atoms with Crippen molar-refractivity contribution in [2.45, 2.75) is 0 Å². The second-order valence-corrected chi connectivity index (χ2v) is 30.1. The summed E-state index contributed by atoms with van der Waals surface area (Å²) in [6.07, 6.45) is 0. The molecule has 0 nitrogen and oxygen atoms in total. The standard InChI is InChI=1S/Br3Ge.Rb/c1-4(2)3;. The molecule has 0 fully saturated rings. The van der Waals surface area contributed by atoms with Crippen molar-refractivity contribution in [1.82, 2.24) is 0 Å². The van der Waals surface area contributed by atoms with E-state index in [4.69, 9.17) is 0 Å². The van der Waals surface area contributed by atoms with Crippen molar-refractivity contribution in [2.24, 2.45) is 0 Å². The van der Waals surface area contributed by atoms with Gasteiger partial charge in [0.25, 0.3) is 0 Å². The molecule has 0 N–H and O–H groups in total. The van der Waals surface area contributed by atoms with E-state index in [1.807, 2.05) is 0 Å². The van der Waals surface area contributed by atoms with Gasteiger partial charge in [-0.05, 0) is 0 Å². The SMILES string of the molecule is [Br][Ge]([Br])[Br].[Rb]. The van der Waals surface area contributed by atoms with Gasteiger partial charge in [0.1, 0.15) is 0 Å². The second-order valence-electron chi connectivity index (χ2n) is 0.214. The third-order valence-corrected chi connectivity index (χ3v) is 0. The molecule has 0 atom stereocenters. The maximum absolute atomic E-state index is 3.27. The Morgan fingerprint density at radius 3 is 1.00 bits per heavy atom. The molecule has 0 heterocycles. The van der Waals surface area contributed by atoms with Gasteiger partial charge in [0, 0.05) is 58.2 Å². The van der Waals surface area contributed by atoms with Gasteiger partial charge in [-0.2, -0.15) is 0 Å². The zero-order valence-electron chi connectivity index (χ0n) is 2.63. The Kier molecular flexibility index (Phi) is 18.0. The first kappa shape index (κ1) is 11.6. The summed E-state index contributed by atoms with van der Waals surface area (Å²) in [5, 5.41) is 0. The van der Waals surface area contributed by atoms with E-state index in [2.05, 4.69) is 42.0 Å². The molecule has 0 spiro atoms. The van der Waals surface area contributed by atoms with E-state index in [1.165, 1.54) is 0 Å². The molecule has 0 aromatic rings. The Labute approximate surface area is 106 Å². The van der Waals surface area contributed by atoms with E-state index in [1.54, 1.807) is 0 Å². The zero-order valence-corrected chi connectivity index (χ0v) is 14.4. The van der Waals surface area contributed by atoms with Crippen molar-refractivity contribution in [3.8, 4) is 0 Å². The Morgan fingerprint density at radius 2 is 1.00 bits per heavy atom. The molecule has 0 aliphatic rings. The maximum Gasteiger partial charge on any atom is 0 e. The molecule has 2 radical (unpaired) electrons. The third-order valence-electron chi connectivity index (χ3n) is 0. The number of rotatable bonds is 0. The van der Waals surface area contributed by atoms with Crippen molar-refractivity contribution >= 4 is 109 Å². The van der Waals surface area contributed by atoms with E-state index in [0.29, 0.717) is 0 Å². The van der Waals surface area contributed by atoms with Gasteiger partial charge in [-0.1, -0.05) is 0 Å². The normalized spacial score (nSPS) is 7.20. The van der Waals surface area contributed by atoms with Crippen molar-refractivity contribution in [3.05, 3.63) is 0 Å². The largest absolute Gasteiger partial charge is 0 e. The van der Waals surface area contributed by atoms with Crippen LogP contribution < -0.4 is 0 Å². The second kappa shape index (κ2) is 7.79.